The molecule has 466 valence electrons. The van der Waals surface area contributed by atoms with Crippen molar-refractivity contribution in [3.05, 3.63) is 11.6 Å². The maximum absolute atomic E-state index is 15.2. The van der Waals surface area contributed by atoms with Crippen LogP contribution in [0.15, 0.2) is 11.6 Å². The van der Waals surface area contributed by atoms with Gasteiger partial charge in [0.15, 0.2) is 18.9 Å². The summed E-state index contributed by atoms with van der Waals surface area (Å²) in [5.41, 5.74) is -1.54. The fourth-order valence-electron chi connectivity index (χ4n) is 16.5. The summed E-state index contributed by atoms with van der Waals surface area (Å²) in [5.74, 6) is -0.703. The summed E-state index contributed by atoms with van der Waals surface area (Å²) in [4.78, 5) is 15.2. The number of ether oxygens (including phenoxy) is 8. The van der Waals surface area contributed by atoms with Crippen molar-refractivity contribution in [1.82, 2.24) is 0 Å². The zero-order valence-corrected chi connectivity index (χ0v) is 47.7. The first-order chi connectivity index (χ1) is 37.7. The number of esters is 1. The maximum atomic E-state index is 15.2. The van der Waals surface area contributed by atoms with Crippen LogP contribution in [-0.4, -0.2) is 241 Å². The maximum Gasteiger partial charge on any atom is 0.315 e. The van der Waals surface area contributed by atoms with Crippen LogP contribution in [0.5, 0.6) is 0 Å². The third kappa shape index (κ3) is 11.1. The highest BCUT2D eigenvalue weighted by Crippen LogP contribution is 2.76. The molecule has 5 aliphatic carbocycles. The highest BCUT2D eigenvalue weighted by molar-refractivity contribution is 7.80. The number of hydrogen-bond donors (Lipinski definition) is 13. The molecule has 28 atom stereocenters. The van der Waals surface area contributed by atoms with E-state index >= 15 is 4.79 Å². The van der Waals surface area contributed by atoms with Gasteiger partial charge < -0.3 is 109 Å². The molecule has 13 N–H and O–H groups in total. The van der Waals surface area contributed by atoms with Crippen LogP contribution >= 0.6 is 0 Å². The first-order valence-electron chi connectivity index (χ1n) is 28.5. The third-order valence-corrected chi connectivity index (χ3v) is 22.1. The summed E-state index contributed by atoms with van der Waals surface area (Å²) in [6.07, 6.45) is -28.6. The van der Waals surface area contributed by atoms with E-state index in [1.807, 2.05) is 13.8 Å². The van der Waals surface area contributed by atoms with Crippen LogP contribution in [0, 0.1) is 50.2 Å². The lowest BCUT2D eigenvalue weighted by atomic mass is 9.33. The molecule has 0 radical (unpaired) electrons. The molecule has 26 nitrogen and oxygen atoms in total. The van der Waals surface area contributed by atoms with Crippen molar-refractivity contribution in [2.75, 3.05) is 26.4 Å². The highest BCUT2D eigenvalue weighted by Gasteiger charge is 2.70. The van der Waals surface area contributed by atoms with E-state index in [2.05, 4.69) is 40.7 Å². The van der Waals surface area contributed by atoms with Gasteiger partial charge in [-0.1, -0.05) is 60.1 Å². The molecule has 81 heavy (non-hydrogen) atoms. The Bertz CT molecular complexity index is 2380. The van der Waals surface area contributed by atoms with Gasteiger partial charge in [-0.05, 0) is 109 Å². The number of hydrogen-bond acceptors (Lipinski definition) is 26. The Morgan fingerprint density at radius 2 is 1.10 bits per heavy atom. The van der Waals surface area contributed by atoms with Crippen molar-refractivity contribution in [1.29, 1.82) is 0 Å². The second kappa shape index (κ2) is 23.1. The molecule has 8 fully saturated rings. The fraction of sp³-hybridized carbons (Fsp3) is 0.944. The van der Waals surface area contributed by atoms with Crippen LogP contribution in [0.2, 0.25) is 0 Å². The SMILES string of the molecule is CC1(C)CCC2(C(=O)OC3OC(COC4OC(CO)C(O)C(O)C4OC4OC(COC5OC(CO)C(O)C(O)C5O)C(O)C(O)C4O)C(O)C(O)C3O)CCC3(C)C(=CCC4C5(C)CCC(OS(=O)(=O)[O-])C(C)(C)C5CCC43C)C2C1. The van der Waals surface area contributed by atoms with Gasteiger partial charge >= 0.3 is 5.97 Å². The van der Waals surface area contributed by atoms with E-state index in [1.165, 1.54) is 5.57 Å². The lowest BCUT2D eigenvalue weighted by Crippen LogP contribution is -2.66. The standard InChI is InChI=1S/C54H88O26S/c1-49(2)14-16-54(17-15-52(6)23(24(54)18-49)8-9-30-51(5)12-11-31(80-81(69,70)71)50(3,4)29(51)10-13-53(30,52)7)48(68)79-46-42(67)38(63)35(60)28(77-46)22-73-47-43(39(64)33(58)26(20-56)75-47)78-45-41(66)37(62)34(59)27(76-45)21-72-44-40(65)36(61)32(57)25(19-55)74-44/h8,24-47,55-67H,9-22H2,1-7H3,(H,69,70,71)/p-1. The van der Waals surface area contributed by atoms with Crippen molar-refractivity contribution in [2.24, 2.45) is 50.2 Å². The molecule has 4 saturated heterocycles. The van der Waals surface area contributed by atoms with E-state index in [-0.39, 0.29) is 39.4 Å². The molecule has 0 bridgehead atoms. The van der Waals surface area contributed by atoms with Crippen molar-refractivity contribution < 1.29 is 126 Å². The minimum absolute atomic E-state index is 0.0655. The highest BCUT2D eigenvalue weighted by atomic mass is 32.3. The molecule has 4 heterocycles. The summed E-state index contributed by atoms with van der Waals surface area (Å²) >= 11 is 0. The lowest BCUT2D eigenvalue weighted by molar-refractivity contribution is -0.376. The molecular formula is C54H87O26S-. The lowest BCUT2D eigenvalue weighted by Gasteiger charge is -2.71. The van der Waals surface area contributed by atoms with E-state index in [0.29, 0.717) is 51.4 Å². The van der Waals surface area contributed by atoms with Crippen LogP contribution in [0.3, 0.4) is 0 Å². The molecule has 0 amide bonds. The second-order valence-corrected chi connectivity index (χ2v) is 27.8. The fourth-order valence-corrected chi connectivity index (χ4v) is 17.1. The van der Waals surface area contributed by atoms with Crippen molar-refractivity contribution in [3.8, 4) is 0 Å². The van der Waals surface area contributed by atoms with Crippen molar-refractivity contribution in [3.63, 3.8) is 0 Å². The Morgan fingerprint density at radius 3 is 1.69 bits per heavy atom. The molecule has 9 rings (SSSR count). The Kier molecular flexibility index (Phi) is 18.2. The topological polar surface area (TPSA) is 420 Å². The zero-order valence-electron chi connectivity index (χ0n) is 46.9. The predicted molar refractivity (Wildman–Crippen MR) is 271 cm³/mol. The van der Waals surface area contributed by atoms with Crippen LogP contribution in [0.1, 0.15) is 113 Å². The molecule has 9 aliphatic rings. The minimum atomic E-state index is -4.92. The van der Waals surface area contributed by atoms with E-state index in [0.717, 1.165) is 12.8 Å². The van der Waals surface area contributed by atoms with Crippen molar-refractivity contribution >= 4 is 16.4 Å². The first-order valence-corrected chi connectivity index (χ1v) is 29.8. The summed E-state index contributed by atoms with van der Waals surface area (Å²) < 4.78 is 87.1. The first kappa shape index (κ1) is 63.8. The van der Waals surface area contributed by atoms with Crippen LogP contribution in [0.4, 0.5) is 0 Å². The molecular weight excluding hydrogens is 1100 g/mol. The number of aliphatic hydroxyl groups is 13. The van der Waals surface area contributed by atoms with E-state index in [9.17, 15) is 79.4 Å². The normalized spacial score (nSPS) is 51.6. The Balaban J connectivity index is 0.903. The summed E-state index contributed by atoms with van der Waals surface area (Å²) in [6, 6.07) is 0. The Morgan fingerprint density at radius 1 is 0.593 bits per heavy atom. The van der Waals surface area contributed by atoms with Crippen LogP contribution in [0.25, 0.3) is 0 Å². The van der Waals surface area contributed by atoms with Crippen LogP contribution < -0.4 is 0 Å². The molecule has 4 aliphatic heterocycles. The largest absolute Gasteiger partial charge is 0.726 e. The van der Waals surface area contributed by atoms with Gasteiger partial charge in [0.05, 0.1) is 37.9 Å². The molecule has 0 aromatic carbocycles. The van der Waals surface area contributed by atoms with Gasteiger partial charge in [0, 0.05) is 0 Å². The predicted octanol–water partition coefficient (Wildman–Crippen LogP) is -2.55. The minimum Gasteiger partial charge on any atom is -0.726 e. The molecule has 0 aromatic heterocycles. The number of rotatable bonds is 14. The van der Waals surface area contributed by atoms with Gasteiger partial charge in [-0.2, -0.15) is 0 Å². The van der Waals surface area contributed by atoms with Crippen molar-refractivity contribution in [2.45, 2.75) is 242 Å². The third-order valence-electron chi connectivity index (χ3n) is 21.6. The second-order valence-electron chi connectivity index (χ2n) is 26.8. The van der Waals surface area contributed by atoms with Gasteiger partial charge in [0.25, 0.3) is 0 Å². The van der Waals surface area contributed by atoms with E-state index in [4.69, 9.17) is 42.1 Å². The summed E-state index contributed by atoms with van der Waals surface area (Å²) in [5, 5.41) is 140. The Hall–Kier alpha value is -1.72. The van der Waals surface area contributed by atoms with Gasteiger partial charge in [0.1, 0.15) is 97.7 Å². The Labute approximate surface area is 471 Å². The molecule has 0 spiro atoms. The summed E-state index contributed by atoms with van der Waals surface area (Å²) in [7, 11) is -4.92. The molecule has 27 heteroatoms. The molecule has 4 saturated carbocycles. The number of carbonyl (C=O) groups excluding carboxylic acids is 1. The smallest absolute Gasteiger partial charge is 0.315 e. The van der Waals surface area contributed by atoms with E-state index in [1.54, 1.807) is 0 Å². The molecule has 0 aromatic rings. The average Bonchev–Trinajstić information content (AvgIpc) is 0.957. The number of aliphatic hydroxyl groups excluding tert-OH is 13. The number of allylic oxidation sites excluding steroid dienone is 2. The average molecular weight is 1180 g/mol. The number of carbonyl (C=O) groups is 1. The van der Waals surface area contributed by atoms with E-state index < -0.39 is 183 Å². The number of fused-ring (bicyclic) bond motifs is 7. The van der Waals surface area contributed by atoms with Gasteiger partial charge in [-0.15, -0.1) is 0 Å². The molecule has 28 unspecified atom stereocenters. The van der Waals surface area contributed by atoms with Gasteiger partial charge in [0.2, 0.25) is 16.7 Å². The van der Waals surface area contributed by atoms with Gasteiger partial charge in [-0.25, -0.2) is 8.42 Å². The zero-order chi connectivity index (χ0) is 59.5. The monoisotopic (exact) mass is 1180 g/mol. The quantitative estimate of drug-likeness (QED) is 0.0368. The van der Waals surface area contributed by atoms with Gasteiger partial charge in [-0.3, -0.25) is 8.98 Å². The summed E-state index contributed by atoms with van der Waals surface area (Å²) in [6.45, 7) is 12.2. The van der Waals surface area contributed by atoms with Crippen LogP contribution in [-0.2, 0) is 57.3 Å².